The van der Waals surface area contributed by atoms with E-state index in [1.165, 1.54) is 141 Å². The van der Waals surface area contributed by atoms with Crippen molar-refractivity contribution in [2.24, 2.45) is 40.9 Å². The summed E-state index contributed by atoms with van der Waals surface area (Å²) in [7, 11) is 0. The molecule has 0 heterocycles. The SMILES string of the molecule is CCC(CC)(CC=C(C)CCCC(C)CCCC(C)CCCC(C)C)CC=C(C)CCCC(C)CCCC(C)CCCC(C)C. The van der Waals surface area contributed by atoms with Crippen molar-refractivity contribution in [3.8, 4) is 0 Å². The van der Waals surface area contributed by atoms with E-state index in [0.717, 1.165) is 35.5 Å². The first-order chi connectivity index (χ1) is 21.3. The van der Waals surface area contributed by atoms with Crippen LogP contribution in [0, 0.1) is 40.9 Å². The summed E-state index contributed by atoms with van der Waals surface area (Å²) >= 11 is 0. The lowest BCUT2D eigenvalue weighted by Crippen LogP contribution is -2.17. The van der Waals surface area contributed by atoms with E-state index >= 15 is 0 Å². The van der Waals surface area contributed by atoms with Gasteiger partial charge in [0.05, 0.1) is 0 Å². The van der Waals surface area contributed by atoms with Gasteiger partial charge in [-0.1, -0.05) is 182 Å². The van der Waals surface area contributed by atoms with Crippen LogP contribution in [0.1, 0.15) is 224 Å². The number of hydrogen-bond donors (Lipinski definition) is 0. The van der Waals surface area contributed by atoms with Crippen molar-refractivity contribution in [3.63, 3.8) is 0 Å². The molecule has 0 aliphatic heterocycles. The number of rotatable bonds is 30. The molecule has 45 heavy (non-hydrogen) atoms. The lowest BCUT2D eigenvalue weighted by molar-refractivity contribution is 0.267. The second-order valence-electron chi connectivity index (χ2n) is 17.4. The Kier molecular flexibility index (Phi) is 27.1. The molecule has 0 saturated heterocycles. The van der Waals surface area contributed by atoms with Crippen molar-refractivity contribution in [2.45, 2.75) is 224 Å². The molecule has 4 unspecified atom stereocenters. The van der Waals surface area contributed by atoms with Crippen LogP contribution in [-0.2, 0) is 0 Å². The van der Waals surface area contributed by atoms with E-state index in [2.05, 4.69) is 95.2 Å². The molecule has 0 aromatic heterocycles. The van der Waals surface area contributed by atoms with Gasteiger partial charge >= 0.3 is 0 Å². The Morgan fingerprint density at radius 3 is 0.956 bits per heavy atom. The summed E-state index contributed by atoms with van der Waals surface area (Å²) in [6, 6.07) is 0. The van der Waals surface area contributed by atoms with Gasteiger partial charge in [-0.05, 0) is 106 Å². The van der Waals surface area contributed by atoms with Gasteiger partial charge in [0, 0.05) is 0 Å². The maximum atomic E-state index is 2.62. The van der Waals surface area contributed by atoms with Crippen LogP contribution < -0.4 is 0 Å². The number of hydrogen-bond acceptors (Lipinski definition) is 0. The maximum Gasteiger partial charge on any atom is -0.0233 e. The second-order valence-corrected chi connectivity index (χ2v) is 17.4. The van der Waals surface area contributed by atoms with Crippen LogP contribution in [0.4, 0.5) is 0 Å². The molecule has 0 amide bonds. The molecule has 0 fully saturated rings. The van der Waals surface area contributed by atoms with Crippen LogP contribution in [0.15, 0.2) is 23.3 Å². The minimum absolute atomic E-state index is 0.445. The molecule has 0 N–H and O–H groups in total. The highest BCUT2D eigenvalue weighted by atomic mass is 14.3. The highest BCUT2D eigenvalue weighted by molar-refractivity contribution is 5.05. The van der Waals surface area contributed by atoms with Gasteiger partial charge in [0.2, 0.25) is 0 Å². The minimum Gasteiger partial charge on any atom is -0.0850 e. The van der Waals surface area contributed by atoms with Gasteiger partial charge in [0.15, 0.2) is 0 Å². The summed E-state index contributed by atoms with van der Waals surface area (Å²) in [5.74, 6) is 5.33. The fraction of sp³-hybridized carbons (Fsp3) is 0.911. The number of allylic oxidation sites excluding steroid dienone is 4. The fourth-order valence-electron chi connectivity index (χ4n) is 7.31. The molecule has 0 nitrogen and oxygen atoms in total. The molecule has 268 valence electrons. The molecule has 4 atom stereocenters. The summed E-state index contributed by atoms with van der Waals surface area (Å²) < 4.78 is 0. The third-order valence-electron chi connectivity index (χ3n) is 11.5. The van der Waals surface area contributed by atoms with E-state index in [9.17, 15) is 0 Å². The monoisotopic (exact) mass is 629 g/mol. The highest BCUT2D eigenvalue weighted by Crippen LogP contribution is 2.37. The minimum atomic E-state index is 0.445. The van der Waals surface area contributed by atoms with Crippen molar-refractivity contribution >= 4 is 0 Å². The van der Waals surface area contributed by atoms with Gasteiger partial charge in [0.1, 0.15) is 0 Å². The Morgan fingerprint density at radius 1 is 0.422 bits per heavy atom. The van der Waals surface area contributed by atoms with E-state index in [1.807, 2.05) is 0 Å². The van der Waals surface area contributed by atoms with Gasteiger partial charge in [-0.3, -0.25) is 0 Å². The van der Waals surface area contributed by atoms with E-state index in [0.29, 0.717) is 5.41 Å². The first kappa shape index (κ1) is 44.5. The van der Waals surface area contributed by atoms with Gasteiger partial charge in [-0.2, -0.15) is 0 Å². The first-order valence-electron chi connectivity index (χ1n) is 20.6. The molecule has 0 aromatic rings. The van der Waals surface area contributed by atoms with Gasteiger partial charge in [-0.25, -0.2) is 0 Å². The quantitative estimate of drug-likeness (QED) is 0.0694. The van der Waals surface area contributed by atoms with Crippen molar-refractivity contribution in [3.05, 3.63) is 23.3 Å². The average molecular weight is 629 g/mol. The molecule has 0 aliphatic rings. The van der Waals surface area contributed by atoms with Crippen molar-refractivity contribution < 1.29 is 0 Å². The van der Waals surface area contributed by atoms with Crippen LogP contribution in [0.25, 0.3) is 0 Å². The first-order valence-corrected chi connectivity index (χ1v) is 20.6. The van der Waals surface area contributed by atoms with Crippen molar-refractivity contribution in [1.29, 1.82) is 0 Å². The molecular formula is C45H88. The Labute approximate surface area is 287 Å². The van der Waals surface area contributed by atoms with Crippen molar-refractivity contribution in [2.75, 3.05) is 0 Å². The van der Waals surface area contributed by atoms with Crippen LogP contribution in [0.3, 0.4) is 0 Å². The molecule has 0 heteroatoms. The predicted molar refractivity (Wildman–Crippen MR) is 209 cm³/mol. The smallest absolute Gasteiger partial charge is 0.0233 e. The summed E-state index contributed by atoms with van der Waals surface area (Å²) in [5, 5.41) is 0. The maximum absolute atomic E-state index is 2.62. The van der Waals surface area contributed by atoms with Crippen LogP contribution in [-0.4, -0.2) is 0 Å². The van der Waals surface area contributed by atoms with Gasteiger partial charge < -0.3 is 0 Å². The molecule has 0 spiro atoms. The van der Waals surface area contributed by atoms with Crippen molar-refractivity contribution in [1.82, 2.24) is 0 Å². The summed E-state index contributed by atoms with van der Waals surface area (Å²) in [6.45, 7) is 29.0. The Hall–Kier alpha value is -0.520. The lowest BCUT2D eigenvalue weighted by Gasteiger charge is -2.30. The Morgan fingerprint density at radius 2 is 0.689 bits per heavy atom. The second kappa shape index (κ2) is 27.4. The summed E-state index contributed by atoms with van der Waals surface area (Å²) in [5.41, 5.74) is 3.71. The largest absolute Gasteiger partial charge is 0.0850 e. The molecule has 0 bridgehead atoms. The third-order valence-corrected chi connectivity index (χ3v) is 11.5. The molecular weight excluding hydrogens is 540 g/mol. The highest BCUT2D eigenvalue weighted by Gasteiger charge is 2.23. The standard InChI is InChI=1S/C45H88/c1-13-45(14-2,35-33-43(11)31-19-29-41(9)27-17-25-39(7)23-15-21-37(3)4)36-34-44(12)32-20-30-42(10)28-18-26-40(8)24-16-22-38(5)6/h33-34,37-42H,13-32,35-36H2,1-12H3. The molecule has 0 rings (SSSR count). The van der Waals surface area contributed by atoms with E-state index in [1.54, 1.807) is 11.1 Å². The Bertz CT molecular complexity index is 658. The molecule has 0 radical (unpaired) electrons. The zero-order valence-electron chi connectivity index (χ0n) is 33.7. The summed E-state index contributed by atoms with van der Waals surface area (Å²) in [4.78, 5) is 0. The lowest BCUT2D eigenvalue weighted by atomic mass is 9.75. The fourth-order valence-corrected chi connectivity index (χ4v) is 7.31. The zero-order chi connectivity index (χ0) is 34.1. The van der Waals surface area contributed by atoms with E-state index < -0.39 is 0 Å². The predicted octanol–water partition coefficient (Wildman–Crippen LogP) is 16.3. The zero-order valence-corrected chi connectivity index (χ0v) is 33.7. The van der Waals surface area contributed by atoms with Gasteiger partial charge in [-0.15, -0.1) is 0 Å². The normalized spacial score (nSPS) is 16.0. The third kappa shape index (κ3) is 26.2. The average Bonchev–Trinajstić information content (AvgIpc) is 2.97. The van der Waals surface area contributed by atoms with Crippen LogP contribution >= 0.6 is 0 Å². The Balaban J connectivity index is 4.33. The van der Waals surface area contributed by atoms with E-state index in [-0.39, 0.29) is 0 Å². The van der Waals surface area contributed by atoms with Gasteiger partial charge in [0.25, 0.3) is 0 Å². The molecule has 0 saturated carbocycles. The molecule has 0 aliphatic carbocycles. The summed E-state index contributed by atoms with van der Waals surface area (Å²) in [6.07, 6.45) is 35.5. The van der Waals surface area contributed by atoms with Crippen LogP contribution in [0.2, 0.25) is 0 Å². The van der Waals surface area contributed by atoms with Crippen LogP contribution in [0.5, 0.6) is 0 Å². The topological polar surface area (TPSA) is 0 Å². The molecule has 0 aromatic carbocycles. The van der Waals surface area contributed by atoms with E-state index in [4.69, 9.17) is 0 Å².